The minimum Gasteiger partial charge on any atom is -0.478 e. The predicted molar refractivity (Wildman–Crippen MR) is 82.0 cm³/mol. The lowest BCUT2D eigenvalue weighted by Crippen LogP contribution is -2.08. The van der Waals surface area contributed by atoms with Gasteiger partial charge in [-0.2, -0.15) is 0 Å². The molecular formula is C17H24O4. The zero-order valence-electron chi connectivity index (χ0n) is 12.8. The highest BCUT2D eigenvalue weighted by atomic mass is 16.4. The van der Waals surface area contributed by atoms with Crippen LogP contribution in [0.5, 0.6) is 0 Å². The molecule has 1 aromatic rings. The summed E-state index contributed by atoms with van der Waals surface area (Å²) < 4.78 is 0. The highest BCUT2D eigenvalue weighted by Crippen LogP contribution is 2.22. The van der Waals surface area contributed by atoms with Gasteiger partial charge in [-0.3, -0.25) is 0 Å². The summed E-state index contributed by atoms with van der Waals surface area (Å²) in [5.41, 5.74) is 0.858. The van der Waals surface area contributed by atoms with E-state index in [9.17, 15) is 14.7 Å². The first-order valence-corrected chi connectivity index (χ1v) is 7.59. The van der Waals surface area contributed by atoms with Gasteiger partial charge >= 0.3 is 11.9 Å². The first kappa shape index (κ1) is 17.2. The van der Waals surface area contributed by atoms with Gasteiger partial charge in [-0.25, -0.2) is 9.59 Å². The van der Waals surface area contributed by atoms with E-state index in [1.54, 1.807) is 6.07 Å². The molecule has 0 bridgehead atoms. The quantitative estimate of drug-likeness (QED) is 0.714. The number of aromatic carboxylic acids is 2. The van der Waals surface area contributed by atoms with E-state index in [1.807, 2.05) is 0 Å². The van der Waals surface area contributed by atoms with Crippen molar-refractivity contribution in [2.24, 2.45) is 5.92 Å². The van der Waals surface area contributed by atoms with Crippen LogP contribution in [0.2, 0.25) is 0 Å². The van der Waals surface area contributed by atoms with E-state index < -0.39 is 11.9 Å². The molecule has 1 unspecified atom stereocenters. The Labute approximate surface area is 125 Å². The van der Waals surface area contributed by atoms with Gasteiger partial charge in [0.25, 0.3) is 0 Å². The zero-order valence-corrected chi connectivity index (χ0v) is 12.8. The Morgan fingerprint density at radius 1 is 1.10 bits per heavy atom. The van der Waals surface area contributed by atoms with E-state index in [4.69, 9.17) is 5.11 Å². The molecule has 0 aliphatic heterocycles. The van der Waals surface area contributed by atoms with E-state index in [1.165, 1.54) is 31.4 Å². The van der Waals surface area contributed by atoms with Gasteiger partial charge in [0, 0.05) is 0 Å². The number of hydrogen-bond donors (Lipinski definition) is 2. The van der Waals surface area contributed by atoms with Crippen molar-refractivity contribution < 1.29 is 19.8 Å². The standard InChI is InChI=1S/C17H24O4/c1-3-5-6-12(4-2)7-8-13-9-10-14(16(18)19)11-15(13)17(20)21/h9-12H,3-8H2,1-2H3,(H,18,19)(H,20,21). The van der Waals surface area contributed by atoms with Gasteiger partial charge in [0.15, 0.2) is 0 Å². The number of unbranched alkanes of at least 4 members (excludes halogenated alkanes) is 1. The third kappa shape index (κ3) is 5.21. The summed E-state index contributed by atoms with van der Waals surface area (Å²) in [6, 6.07) is 4.38. The Bertz CT molecular complexity index is 494. The number of benzene rings is 1. The van der Waals surface area contributed by atoms with Crippen LogP contribution in [-0.2, 0) is 6.42 Å². The maximum atomic E-state index is 11.3. The Morgan fingerprint density at radius 3 is 2.33 bits per heavy atom. The maximum Gasteiger partial charge on any atom is 0.335 e. The molecule has 0 saturated heterocycles. The number of aryl methyl sites for hydroxylation is 1. The highest BCUT2D eigenvalue weighted by Gasteiger charge is 2.15. The van der Waals surface area contributed by atoms with E-state index in [0.29, 0.717) is 12.3 Å². The number of carboxylic acid groups (broad SMARTS) is 2. The first-order valence-electron chi connectivity index (χ1n) is 7.59. The average Bonchev–Trinajstić information content (AvgIpc) is 2.47. The van der Waals surface area contributed by atoms with Crippen molar-refractivity contribution in [3.63, 3.8) is 0 Å². The Kier molecular flexibility index (Phi) is 6.92. The number of rotatable bonds is 9. The molecule has 0 aliphatic rings. The van der Waals surface area contributed by atoms with Crippen LogP contribution in [0.3, 0.4) is 0 Å². The summed E-state index contributed by atoms with van der Waals surface area (Å²) in [5.74, 6) is -1.56. The minimum absolute atomic E-state index is 0.0224. The zero-order chi connectivity index (χ0) is 15.8. The van der Waals surface area contributed by atoms with Crippen molar-refractivity contribution in [2.75, 3.05) is 0 Å². The molecule has 0 saturated carbocycles. The maximum absolute atomic E-state index is 11.3. The monoisotopic (exact) mass is 292 g/mol. The molecule has 4 nitrogen and oxygen atoms in total. The average molecular weight is 292 g/mol. The largest absolute Gasteiger partial charge is 0.478 e. The molecule has 0 heterocycles. The van der Waals surface area contributed by atoms with Crippen LogP contribution in [0.15, 0.2) is 18.2 Å². The predicted octanol–water partition coefficient (Wildman–Crippen LogP) is 4.23. The van der Waals surface area contributed by atoms with Gasteiger partial charge in [0.05, 0.1) is 11.1 Å². The molecule has 0 aromatic heterocycles. The second kappa shape index (κ2) is 8.45. The Balaban J connectivity index is 2.82. The molecule has 0 aliphatic carbocycles. The Morgan fingerprint density at radius 2 is 1.81 bits per heavy atom. The van der Waals surface area contributed by atoms with Crippen molar-refractivity contribution in [3.05, 3.63) is 34.9 Å². The molecular weight excluding hydrogens is 268 g/mol. The molecule has 0 radical (unpaired) electrons. The molecule has 0 spiro atoms. The van der Waals surface area contributed by atoms with Gasteiger partial charge in [-0.15, -0.1) is 0 Å². The first-order chi connectivity index (χ1) is 9.99. The number of hydrogen-bond acceptors (Lipinski definition) is 2. The third-order valence-electron chi connectivity index (χ3n) is 3.95. The van der Waals surface area contributed by atoms with Crippen molar-refractivity contribution >= 4 is 11.9 Å². The van der Waals surface area contributed by atoms with Crippen LogP contribution in [0.1, 0.15) is 72.2 Å². The second-order valence-electron chi connectivity index (χ2n) is 5.44. The minimum atomic E-state index is -1.10. The number of carbonyl (C=O) groups is 2. The molecule has 2 N–H and O–H groups in total. The van der Waals surface area contributed by atoms with Gasteiger partial charge in [0.1, 0.15) is 0 Å². The normalized spacial score (nSPS) is 12.1. The lowest BCUT2D eigenvalue weighted by molar-refractivity contribution is 0.0695. The van der Waals surface area contributed by atoms with Crippen LogP contribution in [0.4, 0.5) is 0 Å². The molecule has 1 aromatic carbocycles. The fourth-order valence-electron chi connectivity index (χ4n) is 2.53. The summed E-state index contributed by atoms with van der Waals surface area (Å²) >= 11 is 0. The number of carboxylic acids is 2. The van der Waals surface area contributed by atoms with Crippen LogP contribution < -0.4 is 0 Å². The van der Waals surface area contributed by atoms with Crippen LogP contribution in [0.25, 0.3) is 0 Å². The van der Waals surface area contributed by atoms with Crippen LogP contribution in [0, 0.1) is 5.92 Å². The lowest BCUT2D eigenvalue weighted by atomic mass is 9.90. The molecule has 1 atom stereocenters. The van der Waals surface area contributed by atoms with Gasteiger partial charge in [-0.05, 0) is 36.5 Å². The van der Waals surface area contributed by atoms with Crippen molar-refractivity contribution in [1.29, 1.82) is 0 Å². The molecule has 1 rings (SSSR count). The van der Waals surface area contributed by atoms with Crippen LogP contribution >= 0.6 is 0 Å². The second-order valence-corrected chi connectivity index (χ2v) is 5.44. The fourth-order valence-corrected chi connectivity index (χ4v) is 2.53. The summed E-state index contributed by atoms with van der Waals surface area (Å²) in [5, 5.41) is 18.2. The molecule has 0 amide bonds. The van der Waals surface area contributed by atoms with E-state index in [-0.39, 0.29) is 11.1 Å². The summed E-state index contributed by atoms with van der Waals surface area (Å²) in [6.07, 6.45) is 6.26. The molecule has 0 fully saturated rings. The van der Waals surface area contributed by atoms with Crippen LogP contribution in [-0.4, -0.2) is 22.2 Å². The van der Waals surface area contributed by atoms with E-state index >= 15 is 0 Å². The van der Waals surface area contributed by atoms with Gasteiger partial charge in [0.2, 0.25) is 0 Å². The SMILES string of the molecule is CCCCC(CC)CCc1ccc(C(=O)O)cc1C(=O)O. The van der Waals surface area contributed by atoms with Crippen molar-refractivity contribution in [3.8, 4) is 0 Å². The van der Waals surface area contributed by atoms with E-state index in [2.05, 4.69) is 13.8 Å². The highest BCUT2D eigenvalue weighted by molar-refractivity contribution is 5.94. The smallest absolute Gasteiger partial charge is 0.335 e. The van der Waals surface area contributed by atoms with Crippen molar-refractivity contribution in [1.82, 2.24) is 0 Å². The van der Waals surface area contributed by atoms with Gasteiger partial charge < -0.3 is 10.2 Å². The Hall–Kier alpha value is -1.84. The summed E-state index contributed by atoms with van der Waals surface area (Å²) in [4.78, 5) is 22.2. The van der Waals surface area contributed by atoms with Gasteiger partial charge in [-0.1, -0.05) is 45.6 Å². The summed E-state index contributed by atoms with van der Waals surface area (Å²) in [6.45, 7) is 4.33. The fraction of sp³-hybridized carbons (Fsp3) is 0.529. The lowest BCUT2D eigenvalue weighted by Gasteiger charge is -2.15. The molecule has 4 heteroatoms. The molecule has 21 heavy (non-hydrogen) atoms. The third-order valence-corrected chi connectivity index (χ3v) is 3.95. The van der Waals surface area contributed by atoms with Crippen molar-refractivity contribution in [2.45, 2.75) is 52.4 Å². The molecule has 116 valence electrons. The topological polar surface area (TPSA) is 74.6 Å². The van der Waals surface area contributed by atoms with E-state index in [0.717, 1.165) is 18.4 Å². The summed E-state index contributed by atoms with van der Waals surface area (Å²) in [7, 11) is 0.